The van der Waals surface area contributed by atoms with Gasteiger partial charge in [-0.25, -0.2) is 0 Å². The Kier molecular flexibility index (Phi) is 3.51. The van der Waals surface area contributed by atoms with Gasteiger partial charge >= 0.3 is 24.4 Å². The van der Waals surface area contributed by atoms with E-state index in [9.17, 15) is 14.4 Å². The van der Waals surface area contributed by atoms with Gasteiger partial charge in [-0.1, -0.05) is 13.8 Å². The van der Waals surface area contributed by atoms with Crippen LogP contribution in [0.3, 0.4) is 0 Å². The maximum atomic E-state index is 11.7. The summed E-state index contributed by atoms with van der Waals surface area (Å²) >= 11 is 0. The van der Waals surface area contributed by atoms with Gasteiger partial charge in [-0.2, -0.15) is 0 Å². The van der Waals surface area contributed by atoms with Crippen LogP contribution in [0.1, 0.15) is 33.6 Å². The summed E-state index contributed by atoms with van der Waals surface area (Å²) in [6, 6.07) is 0. The second kappa shape index (κ2) is 4.51. The van der Waals surface area contributed by atoms with E-state index < -0.39 is 29.8 Å². The van der Waals surface area contributed by atoms with Gasteiger partial charge < -0.3 is 14.2 Å². The molecule has 16 heavy (non-hydrogen) atoms. The van der Waals surface area contributed by atoms with Crippen molar-refractivity contribution >= 4 is 17.9 Å². The van der Waals surface area contributed by atoms with E-state index in [1.807, 2.05) is 0 Å². The lowest BCUT2D eigenvalue weighted by Gasteiger charge is -2.33. The summed E-state index contributed by atoms with van der Waals surface area (Å²) in [5.74, 6) is -2.11. The lowest BCUT2D eigenvalue weighted by molar-refractivity contribution is -0.282. The third kappa shape index (κ3) is 2.00. The molecule has 0 aromatic rings. The second-order valence-corrected chi connectivity index (χ2v) is 3.50. The summed E-state index contributed by atoms with van der Waals surface area (Å²) in [5.41, 5.74) is -1.27. The van der Waals surface area contributed by atoms with Gasteiger partial charge in [-0.3, -0.25) is 14.4 Å². The van der Waals surface area contributed by atoms with E-state index in [0.29, 0.717) is 0 Å². The van der Waals surface area contributed by atoms with Gasteiger partial charge in [0.25, 0.3) is 0 Å². The van der Waals surface area contributed by atoms with E-state index >= 15 is 0 Å². The molecule has 0 radical (unpaired) electrons. The largest absolute Gasteiger partial charge is 0.412 e. The molecule has 0 saturated carbocycles. The van der Waals surface area contributed by atoms with Gasteiger partial charge in [0.2, 0.25) is 0 Å². The predicted molar refractivity (Wildman–Crippen MR) is 50.8 cm³/mol. The first-order chi connectivity index (χ1) is 7.46. The molecule has 90 valence electrons. The SMILES string of the molecule is CCC1(CC)C(=O)OC(OC(C)=O)OC1=O. The number of carbonyl (C=O) groups excluding carboxylic acids is 3. The van der Waals surface area contributed by atoms with E-state index in [0.717, 1.165) is 6.92 Å². The van der Waals surface area contributed by atoms with E-state index in [1.165, 1.54) is 0 Å². The van der Waals surface area contributed by atoms with Gasteiger partial charge in [0.15, 0.2) is 5.41 Å². The first-order valence-corrected chi connectivity index (χ1v) is 5.05. The summed E-state index contributed by atoms with van der Waals surface area (Å²) in [4.78, 5) is 34.0. The van der Waals surface area contributed by atoms with Crippen molar-refractivity contribution in [2.75, 3.05) is 0 Å². The van der Waals surface area contributed by atoms with Crippen LogP contribution in [0.5, 0.6) is 0 Å². The van der Waals surface area contributed by atoms with Crippen LogP contribution in [-0.2, 0) is 28.6 Å². The first-order valence-electron chi connectivity index (χ1n) is 5.05. The third-order valence-electron chi connectivity index (χ3n) is 2.66. The van der Waals surface area contributed by atoms with Crippen molar-refractivity contribution in [3.8, 4) is 0 Å². The number of hydrogen-bond donors (Lipinski definition) is 0. The van der Waals surface area contributed by atoms with E-state index in [2.05, 4.69) is 4.74 Å². The molecule has 0 spiro atoms. The van der Waals surface area contributed by atoms with Gasteiger partial charge in [-0.15, -0.1) is 0 Å². The fraction of sp³-hybridized carbons (Fsp3) is 0.700. The average Bonchev–Trinajstić information content (AvgIpc) is 2.17. The molecule has 0 amide bonds. The van der Waals surface area contributed by atoms with Crippen molar-refractivity contribution < 1.29 is 28.6 Å². The zero-order chi connectivity index (χ0) is 12.3. The van der Waals surface area contributed by atoms with Crippen LogP contribution >= 0.6 is 0 Å². The molecule has 0 aliphatic carbocycles. The molecule has 0 unspecified atom stereocenters. The molecule has 6 heteroatoms. The molecule has 1 saturated heterocycles. The minimum atomic E-state index is -1.55. The van der Waals surface area contributed by atoms with E-state index in [-0.39, 0.29) is 12.8 Å². The molecule has 0 aromatic heterocycles. The van der Waals surface area contributed by atoms with Crippen LogP contribution < -0.4 is 0 Å². The van der Waals surface area contributed by atoms with Gasteiger partial charge in [0.1, 0.15) is 0 Å². The molecule has 0 bridgehead atoms. The van der Waals surface area contributed by atoms with Crippen molar-refractivity contribution in [3.63, 3.8) is 0 Å². The van der Waals surface area contributed by atoms with Crippen molar-refractivity contribution in [3.05, 3.63) is 0 Å². The highest BCUT2D eigenvalue weighted by atomic mass is 16.9. The molecule has 1 fully saturated rings. The second-order valence-electron chi connectivity index (χ2n) is 3.50. The number of cyclic esters (lactones) is 2. The zero-order valence-electron chi connectivity index (χ0n) is 9.44. The van der Waals surface area contributed by atoms with Crippen LogP contribution in [0, 0.1) is 5.41 Å². The maximum Gasteiger partial charge on any atom is 0.412 e. The van der Waals surface area contributed by atoms with E-state index in [1.54, 1.807) is 13.8 Å². The van der Waals surface area contributed by atoms with Crippen LogP contribution in [0.15, 0.2) is 0 Å². The Hall–Kier alpha value is -1.59. The Morgan fingerprint density at radius 2 is 1.69 bits per heavy atom. The van der Waals surface area contributed by atoms with Crippen LogP contribution in [0.25, 0.3) is 0 Å². The maximum absolute atomic E-state index is 11.7. The minimum Gasteiger partial charge on any atom is -0.391 e. The Labute approximate surface area is 92.8 Å². The predicted octanol–water partition coefficient (Wildman–Crippen LogP) is 0.740. The summed E-state index contributed by atoms with van der Waals surface area (Å²) in [6.45, 7) is 2.96. The van der Waals surface area contributed by atoms with Crippen molar-refractivity contribution in [2.24, 2.45) is 5.41 Å². The summed E-state index contributed by atoms with van der Waals surface area (Å²) in [5, 5.41) is 0. The smallest absolute Gasteiger partial charge is 0.391 e. The lowest BCUT2D eigenvalue weighted by atomic mass is 9.82. The number of hydrogen-bond acceptors (Lipinski definition) is 6. The van der Waals surface area contributed by atoms with Crippen LogP contribution in [0.4, 0.5) is 0 Å². The molecule has 1 aliphatic rings. The Balaban J connectivity index is 2.82. The molecule has 1 heterocycles. The average molecular weight is 230 g/mol. The standard InChI is InChI=1S/C10H14O6/c1-4-10(5-2)7(12)15-9(14-6(3)11)16-8(10)13/h9H,4-5H2,1-3H3. The number of esters is 3. The molecular weight excluding hydrogens is 216 g/mol. The fourth-order valence-corrected chi connectivity index (χ4v) is 1.52. The molecule has 0 aromatic carbocycles. The summed E-state index contributed by atoms with van der Waals surface area (Å²) < 4.78 is 14.0. The summed E-state index contributed by atoms with van der Waals surface area (Å²) in [6.07, 6.45) is 0.571. The molecule has 0 atom stereocenters. The van der Waals surface area contributed by atoms with Crippen LogP contribution in [-0.4, -0.2) is 24.4 Å². The van der Waals surface area contributed by atoms with E-state index in [4.69, 9.17) is 9.47 Å². The third-order valence-corrected chi connectivity index (χ3v) is 2.66. The Bertz CT molecular complexity index is 297. The topological polar surface area (TPSA) is 78.9 Å². The number of rotatable bonds is 3. The van der Waals surface area contributed by atoms with Gasteiger partial charge in [0.05, 0.1) is 0 Å². The first kappa shape index (κ1) is 12.5. The molecule has 0 N–H and O–H groups in total. The number of ether oxygens (including phenoxy) is 3. The van der Waals surface area contributed by atoms with Gasteiger partial charge in [-0.05, 0) is 12.8 Å². The molecule has 1 rings (SSSR count). The Morgan fingerprint density at radius 1 is 1.25 bits per heavy atom. The number of carbonyl (C=O) groups is 3. The summed E-state index contributed by atoms with van der Waals surface area (Å²) in [7, 11) is 0. The van der Waals surface area contributed by atoms with Crippen molar-refractivity contribution in [2.45, 2.75) is 40.1 Å². The monoisotopic (exact) mass is 230 g/mol. The molecule has 6 nitrogen and oxygen atoms in total. The quantitative estimate of drug-likeness (QED) is 0.525. The van der Waals surface area contributed by atoms with Crippen LogP contribution in [0.2, 0.25) is 0 Å². The van der Waals surface area contributed by atoms with Gasteiger partial charge in [0, 0.05) is 6.92 Å². The highest BCUT2D eigenvalue weighted by Crippen LogP contribution is 2.34. The van der Waals surface area contributed by atoms with Crippen molar-refractivity contribution in [1.82, 2.24) is 0 Å². The molecular formula is C10H14O6. The Morgan fingerprint density at radius 3 is 2.00 bits per heavy atom. The zero-order valence-corrected chi connectivity index (χ0v) is 9.44. The minimum absolute atomic E-state index is 0.286. The molecule has 1 aliphatic heterocycles. The van der Waals surface area contributed by atoms with Crippen molar-refractivity contribution in [1.29, 1.82) is 0 Å². The highest BCUT2D eigenvalue weighted by molar-refractivity contribution is 6.01. The lowest BCUT2D eigenvalue weighted by Crippen LogP contribution is -2.50. The normalized spacial score (nSPS) is 19.9. The highest BCUT2D eigenvalue weighted by Gasteiger charge is 2.52. The fourth-order valence-electron chi connectivity index (χ4n) is 1.52.